The van der Waals surface area contributed by atoms with Gasteiger partial charge in [0.1, 0.15) is 5.75 Å². The minimum Gasteiger partial charge on any atom is -0.494 e. The lowest BCUT2D eigenvalue weighted by Gasteiger charge is -2.12. The van der Waals surface area contributed by atoms with E-state index >= 15 is 0 Å². The molecule has 2 aromatic carbocycles. The third-order valence-corrected chi connectivity index (χ3v) is 3.72. The molecule has 0 aliphatic carbocycles. The van der Waals surface area contributed by atoms with Crippen LogP contribution in [-0.4, -0.2) is 17.7 Å². The molecule has 0 bridgehead atoms. The summed E-state index contributed by atoms with van der Waals surface area (Å²) in [7, 11) is 0. The van der Waals surface area contributed by atoms with E-state index in [9.17, 15) is 9.90 Å². The number of halogens is 1. The lowest BCUT2D eigenvalue weighted by atomic mass is 9.94. The highest BCUT2D eigenvalue weighted by Gasteiger charge is 2.18. The van der Waals surface area contributed by atoms with E-state index in [-0.39, 0.29) is 0 Å². The van der Waals surface area contributed by atoms with Gasteiger partial charge in [-0.1, -0.05) is 41.9 Å². The summed E-state index contributed by atoms with van der Waals surface area (Å²) in [4.78, 5) is 11.4. The minimum atomic E-state index is -0.773. The maximum atomic E-state index is 11.4. The topological polar surface area (TPSA) is 46.5 Å². The average Bonchev–Trinajstić information content (AvgIpc) is 2.53. The van der Waals surface area contributed by atoms with Crippen LogP contribution < -0.4 is 4.74 Å². The van der Waals surface area contributed by atoms with Gasteiger partial charge in [-0.15, -0.1) is 0 Å². The van der Waals surface area contributed by atoms with E-state index < -0.39 is 11.9 Å². The monoisotopic (exact) mass is 318 g/mol. The Morgan fingerprint density at radius 2 is 1.73 bits per heavy atom. The second kappa shape index (κ2) is 8.44. The summed E-state index contributed by atoms with van der Waals surface area (Å²) in [5.41, 5.74) is 0.855. The molecule has 0 saturated heterocycles. The van der Waals surface area contributed by atoms with Crippen molar-refractivity contribution < 1.29 is 14.6 Å². The lowest BCUT2D eigenvalue weighted by Crippen LogP contribution is -2.12. The Kier molecular flexibility index (Phi) is 6.28. The molecule has 4 heteroatoms. The van der Waals surface area contributed by atoms with Gasteiger partial charge in [0, 0.05) is 5.02 Å². The van der Waals surface area contributed by atoms with Gasteiger partial charge >= 0.3 is 5.97 Å². The first-order valence-corrected chi connectivity index (χ1v) is 7.71. The fraction of sp³-hybridized carbons (Fsp3) is 0.278. The van der Waals surface area contributed by atoms with Gasteiger partial charge in [-0.3, -0.25) is 4.79 Å². The molecule has 0 fully saturated rings. The van der Waals surface area contributed by atoms with Crippen molar-refractivity contribution in [3.63, 3.8) is 0 Å². The first kappa shape index (κ1) is 16.4. The number of ether oxygens (including phenoxy) is 1. The van der Waals surface area contributed by atoms with E-state index in [0.29, 0.717) is 18.1 Å². The first-order chi connectivity index (χ1) is 10.7. The number of carboxylic acids is 1. The van der Waals surface area contributed by atoms with Crippen LogP contribution in [-0.2, 0) is 4.79 Å². The van der Waals surface area contributed by atoms with Gasteiger partial charge in [0.05, 0.1) is 12.5 Å². The van der Waals surface area contributed by atoms with Crippen LogP contribution in [0.25, 0.3) is 0 Å². The molecule has 0 heterocycles. The Hall–Kier alpha value is -2.00. The Bertz CT molecular complexity index is 581. The van der Waals surface area contributed by atoms with Gasteiger partial charge in [-0.2, -0.15) is 0 Å². The summed E-state index contributed by atoms with van der Waals surface area (Å²) in [6.45, 7) is 0.572. The third kappa shape index (κ3) is 5.08. The zero-order valence-corrected chi connectivity index (χ0v) is 13.0. The number of benzene rings is 2. The third-order valence-electron chi connectivity index (χ3n) is 3.47. The Morgan fingerprint density at radius 3 is 2.36 bits per heavy atom. The molecule has 0 aliphatic heterocycles. The quantitative estimate of drug-likeness (QED) is 0.714. The maximum Gasteiger partial charge on any atom is 0.310 e. The smallest absolute Gasteiger partial charge is 0.310 e. The summed E-state index contributed by atoms with van der Waals surface area (Å²) in [5.74, 6) is -0.441. The normalized spacial score (nSPS) is 11.9. The summed E-state index contributed by atoms with van der Waals surface area (Å²) in [6.07, 6.45) is 2.24. The SMILES string of the molecule is O=C(O)C(CCCCOc1ccc(Cl)cc1)c1ccccc1. The minimum absolute atomic E-state index is 0.447. The standard InChI is InChI=1S/C18H19ClO3/c19-15-9-11-16(12-10-15)22-13-5-4-8-17(18(20)21)14-6-2-1-3-7-14/h1-3,6-7,9-12,17H,4-5,8,13H2,(H,20,21). The second-order valence-electron chi connectivity index (χ2n) is 5.10. The summed E-state index contributed by atoms with van der Waals surface area (Å²) >= 11 is 5.81. The van der Waals surface area contributed by atoms with Gasteiger partial charge in [-0.25, -0.2) is 0 Å². The van der Waals surface area contributed by atoms with Crippen LogP contribution in [0.5, 0.6) is 5.75 Å². The van der Waals surface area contributed by atoms with Crippen LogP contribution in [0.3, 0.4) is 0 Å². The first-order valence-electron chi connectivity index (χ1n) is 7.33. The summed E-state index contributed by atoms with van der Waals surface area (Å²) < 4.78 is 5.60. The number of carbonyl (C=O) groups is 1. The molecule has 2 rings (SSSR count). The zero-order valence-electron chi connectivity index (χ0n) is 12.2. The van der Waals surface area contributed by atoms with E-state index in [1.165, 1.54) is 0 Å². The van der Waals surface area contributed by atoms with Gasteiger partial charge < -0.3 is 9.84 Å². The van der Waals surface area contributed by atoms with Crippen molar-refractivity contribution in [2.75, 3.05) is 6.61 Å². The molecule has 3 nitrogen and oxygen atoms in total. The van der Waals surface area contributed by atoms with E-state index in [0.717, 1.165) is 24.2 Å². The molecule has 0 amide bonds. The van der Waals surface area contributed by atoms with Crippen LogP contribution in [0.2, 0.25) is 5.02 Å². The lowest BCUT2D eigenvalue weighted by molar-refractivity contribution is -0.139. The summed E-state index contributed by atoms with van der Waals surface area (Å²) in [6, 6.07) is 16.6. The largest absolute Gasteiger partial charge is 0.494 e. The Morgan fingerprint density at radius 1 is 1.05 bits per heavy atom. The van der Waals surface area contributed by atoms with E-state index in [2.05, 4.69) is 0 Å². The van der Waals surface area contributed by atoms with Crippen LogP contribution >= 0.6 is 11.6 Å². The highest BCUT2D eigenvalue weighted by atomic mass is 35.5. The molecule has 0 saturated carbocycles. The number of hydrogen-bond donors (Lipinski definition) is 1. The van der Waals surface area contributed by atoms with Crippen molar-refractivity contribution in [3.05, 3.63) is 65.2 Å². The van der Waals surface area contributed by atoms with E-state index in [1.807, 2.05) is 42.5 Å². The van der Waals surface area contributed by atoms with Gasteiger partial charge in [0.15, 0.2) is 0 Å². The Balaban J connectivity index is 1.74. The molecular weight excluding hydrogens is 300 g/mol. The summed E-state index contributed by atoms with van der Waals surface area (Å²) in [5, 5.41) is 10.0. The van der Waals surface area contributed by atoms with Crippen LogP contribution in [0.4, 0.5) is 0 Å². The second-order valence-corrected chi connectivity index (χ2v) is 5.54. The molecular formula is C18H19ClO3. The van der Waals surface area contributed by atoms with Crippen molar-refractivity contribution in [1.82, 2.24) is 0 Å². The van der Waals surface area contributed by atoms with E-state index in [4.69, 9.17) is 16.3 Å². The number of hydrogen-bond acceptors (Lipinski definition) is 2. The predicted octanol–water partition coefficient (Wildman–Crippen LogP) is 4.76. The Labute approximate surface area is 135 Å². The number of carboxylic acid groups (broad SMARTS) is 1. The predicted molar refractivity (Wildman–Crippen MR) is 87.6 cm³/mol. The maximum absolute atomic E-state index is 11.4. The van der Waals surface area contributed by atoms with Crippen molar-refractivity contribution >= 4 is 17.6 Å². The van der Waals surface area contributed by atoms with Crippen molar-refractivity contribution in [3.8, 4) is 5.75 Å². The zero-order chi connectivity index (χ0) is 15.8. The molecule has 0 aliphatic rings. The molecule has 116 valence electrons. The van der Waals surface area contributed by atoms with Crippen molar-refractivity contribution in [1.29, 1.82) is 0 Å². The molecule has 1 atom stereocenters. The highest BCUT2D eigenvalue weighted by Crippen LogP contribution is 2.22. The van der Waals surface area contributed by atoms with Gasteiger partial charge in [0.25, 0.3) is 0 Å². The molecule has 0 spiro atoms. The van der Waals surface area contributed by atoms with Gasteiger partial charge in [0.2, 0.25) is 0 Å². The fourth-order valence-electron chi connectivity index (χ4n) is 2.29. The molecule has 0 radical (unpaired) electrons. The highest BCUT2D eigenvalue weighted by molar-refractivity contribution is 6.30. The van der Waals surface area contributed by atoms with Crippen LogP contribution in [0, 0.1) is 0 Å². The van der Waals surface area contributed by atoms with Crippen LogP contribution in [0.15, 0.2) is 54.6 Å². The van der Waals surface area contributed by atoms with E-state index in [1.54, 1.807) is 12.1 Å². The van der Waals surface area contributed by atoms with Gasteiger partial charge in [-0.05, 0) is 49.1 Å². The van der Waals surface area contributed by atoms with Crippen molar-refractivity contribution in [2.45, 2.75) is 25.2 Å². The molecule has 1 N–H and O–H groups in total. The number of unbranched alkanes of at least 4 members (excludes halogenated alkanes) is 1. The number of rotatable bonds is 8. The average molecular weight is 319 g/mol. The van der Waals surface area contributed by atoms with Crippen LogP contribution in [0.1, 0.15) is 30.7 Å². The molecule has 22 heavy (non-hydrogen) atoms. The molecule has 2 aromatic rings. The molecule has 1 unspecified atom stereocenters. The molecule has 0 aromatic heterocycles. The van der Waals surface area contributed by atoms with Crippen molar-refractivity contribution in [2.24, 2.45) is 0 Å². The number of aliphatic carboxylic acids is 1. The fourth-order valence-corrected chi connectivity index (χ4v) is 2.42.